The summed E-state index contributed by atoms with van der Waals surface area (Å²) in [6.45, 7) is 8.67. The Labute approximate surface area is 126 Å². The predicted octanol–water partition coefficient (Wildman–Crippen LogP) is 1.62. The second kappa shape index (κ2) is 6.89. The van der Waals surface area contributed by atoms with Gasteiger partial charge >= 0.3 is 0 Å². The van der Waals surface area contributed by atoms with Gasteiger partial charge in [0.15, 0.2) is 0 Å². The Morgan fingerprint density at radius 3 is 2.85 bits per heavy atom. The molecule has 2 rings (SSSR count). The quantitative estimate of drug-likeness (QED) is 0.897. The van der Waals surface area contributed by atoms with Gasteiger partial charge in [-0.15, -0.1) is 0 Å². The maximum atomic E-state index is 6.32. The number of nitrogens with zero attached hydrogens (tertiary/aromatic N) is 3. The van der Waals surface area contributed by atoms with Crippen molar-refractivity contribution in [1.82, 2.24) is 20.0 Å². The van der Waals surface area contributed by atoms with E-state index >= 15 is 0 Å². The molecule has 2 heterocycles. The molecule has 20 heavy (non-hydrogen) atoms. The molecule has 114 valence electrons. The van der Waals surface area contributed by atoms with Crippen LogP contribution >= 0.6 is 11.6 Å². The van der Waals surface area contributed by atoms with Gasteiger partial charge in [-0.05, 0) is 13.0 Å². The van der Waals surface area contributed by atoms with Crippen LogP contribution in [0.2, 0.25) is 5.15 Å². The summed E-state index contributed by atoms with van der Waals surface area (Å²) in [5.74, 6) is 0.377. The normalized spacial score (nSPS) is 20.8. The second-order valence-corrected chi connectivity index (χ2v) is 6.18. The molecule has 1 fully saturated rings. The molecule has 1 saturated heterocycles. The predicted molar refractivity (Wildman–Crippen MR) is 81.3 cm³/mol. The molecule has 1 N–H and O–H groups in total. The van der Waals surface area contributed by atoms with Crippen molar-refractivity contribution in [1.29, 1.82) is 0 Å². The molecule has 1 atom stereocenters. The number of hydrogen-bond acceptors (Lipinski definition) is 4. The van der Waals surface area contributed by atoms with Crippen LogP contribution in [-0.2, 0) is 18.3 Å². The minimum absolute atomic E-state index is 0.256. The SMILES string of the molecule is CC(C)c1nn(C)c(Cl)c1CNC[C@H]1CN(C)CCO1. The van der Waals surface area contributed by atoms with E-state index in [1.54, 1.807) is 4.68 Å². The number of rotatable bonds is 5. The molecule has 5 nitrogen and oxygen atoms in total. The van der Waals surface area contributed by atoms with Gasteiger partial charge in [0.1, 0.15) is 5.15 Å². The first kappa shape index (κ1) is 15.8. The van der Waals surface area contributed by atoms with E-state index in [1.165, 1.54) is 0 Å². The molecule has 0 unspecified atom stereocenters. The van der Waals surface area contributed by atoms with Crippen LogP contribution in [0.25, 0.3) is 0 Å². The van der Waals surface area contributed by atoms with Crippen molar-refractivity contribution in [2.24, 2.45) is 7.05 Å². The van der Waals surface area contributed by atoms with E-state index in [0.29, 0.717) is 5.92 Å². The third-order valence-electron chi connectivity index (χ3n) is 3.66. The van der Waals surface area contributed by atoms with Crippen LogP contribution in [0.3, 0.4) is 0 Å². The molecule has 0 aliphatic carbocycles. The molecule has 0 aromatic carbocycles. The summed E-state index contributed by atoms with van der Waals surface area (Å²) in [5, 5.41) is 8.67. The van der Waals surface area contributed by atoms with Gasteiger partial charge in [-0.1, -0.05) is 25.4 Å². The lowest BCUT2D eigenvalue weighted by Crippen LogP contribution is -2.44. The van der Waals surface area contributed by atoms with Crippen molar-refractivity contribution in [3.8, 4) is 0 Å². The summed E-state index contributed by atoms with van der Waals surface area (Å²) in [6, 6.07) is 0. The molecule has 1 aliphatic heterocycles. The van der Waals surface area contributed by atoms with E-state index in [0.717, 1.165) is 49.2 Å². The molecule has 1 aromatic heterocycles. The largest absolute Gasteiger partial charge is 0.374 e. The van der Waals surface area contributed by atoms with E-state index in [4.69, 9.17) is 16.3 Å². The van der Waals surface area contributed by atoms with Crippen molar-refractivity contribution < 1.29 is 4.74 Å². The summed E-state index contributed by atoms with van der Waals surface area (Å²) in [7, 11) is 4.02. The van der Waals surface area contributed by atoms with Gasteiger partial charge in [-0.25, -0.2) is 0 Å². The Bertz CT molecular complexity index is 447. The minimum Gasteiger partial charge on any atom is -0.374 e. The Morgan fingerprint density at radius 1 is 1.45 bits per heavy atom. The van der Waals surface area contributed by atoms with E-state index in [2.05, 4.69) is 36.2 Å². The van der Waals surface area contributed by atoms with Gasteiger partial charge in [0.05, 0.1) is 18.4 Å². The van der Waals surface area contributed by atoms with Crippen molar-refractivity contribution in [3.05, 3.63) is 16.4 Å². The fourth-order valence-corrected chi connectivity index (χ4v) is 2.74. The number of halogens is 1. The van der Waals surface area contributed by atoms with Crippen LogP contribution in [0.1, 0.15) is 31.0 Å². The molecule has 6 heteroatoms. The van der Waals surface area contributed by atoms with Crippen LogP contribution in [0, 0.1) is 0 Å². The number of hydrogen-bond donors (Lipinski definition) is 1. The summed E-state index contributed by atoms with van der Waals surface area (Å²) < 4.78 is 7.49. The summed E-state index contributed by atoms with van der Waals surface area (Å²) in [6.07, 6.45) is 0.256. The number of ether oxygens (including phenoxy) is 1. The molecular formula is C14H25ClN4O. The standard InChI is InChI=1S/C14H25ClN4O/c1-10(2)13-12(14(15)19(4)17-13)8-16-7-11-9-18(3)5-6-20-11/h10-11,16H,5-9H2,1-4H3/t11-/m0/s1. The fourth-order valence-electron chi connectivity index (χ4n) is 2.54. The first-order chi connectivity index (χ1) is 9.49. The zero-order valence-electron chi connectivity index (χ0n) is 12.8. The molecule has 0 spiro atoms. The zero-order valence-corrected chi connectivity index (χ0v) is 13.6. The highest BCUT2D eigenvalue weighted by Gasteiger charge is 2.19. The summed E-state index contributed by atoms with van der Waals surface area (Å²) in [5.41, 5.74) is 2.18. The Balaban J connectivity index is 1.90. The van der Waals surface area contributed by atoms with Gasteiger partial charge in [0, 0.05) is 38.8 Å². The van der Waals surface area contributed by atoms with E-state index in [9.17, 15) is 0 Å². The van der Waals surface area contributed by atoms with E-state index in [-0.39, 0.29) is 6.10 Å². The van der Waals surface area contributed by atoms with E-state index < -0.39 is 0 Å². The molecule has 0 radical (unpaired) electrons. The van der Waals surface area contributed by atoms with Crippen LogP contribution < -0.4 is 5.32 Å². The highest BCUT2D eigenvalue weighted by molar-refractivity contribution is 6.30. The van der Waals surface area contributed by atoms with Crippen molar-refractivity contribution >= 4 is 11.6 Å². The van der Waals surface area contributed by atoms with Crippen LogP contribution in [-0.4, -0.2) is 54.1 Å². The third-order valence-corrected chi connectivity index (χ3v) is 4.14. The van der Waals surface area contributed by atoms with Gasteiger partial charge in [-0.3, -0.25) is 4.68 Å². The smallest absolute Gasteiger partial charge is 0.131 e. The number of nitrogens with one attached hydrogen (secondary N) is 1. The number of aromatic nitrogens is 2. The molecule has 0 amide bonds. The summed E-state index contributed by atoms with van der Waals surface area (Å²) in [4.78, 5) is 2.30. The Morgan fingerprint density at radius 2 is 2.20 bits per heavy atom. The Hall–Kier alpha value is -0.620. The van der Waals surface area contributed by atoms with Crippen LogP contribution in [0.15, 0.2) is 0 Å². The molecule has 1 aromatic rings. The average molecular weight is 301 g/mol. The zero-order chi connectivity index (χ0) is 14.7. The first-order valence-electron chi connectivity index (χ1n) is 7.21. The lowest BCUT2D eigenvalue weighted by atomic mass is 10.1. The highest BCUT2D eigenvalue weighted by atomic mass is 35.5. The van der Waals surface area contributed by atoms with Crippen molar-refractivity contribution in [3.63, 3.8) is 0 Å². The van der Waals surface area contributed by atoms with E-state index in [1.807, 2.05) is 7.05 Å². The second-order valence-electron chi connectivity index (χ2n) is 5.82. The van der Waals surface area contributed by atoms with Gasteiger partial charge in [0.25, 0.3) is 0 Å². The van der Waals surface area contributed by atoms with Gasteiger partial charge in [-0.2, -0.15) is 5.10 Å². The minimum atomic E-state index is 0.256. The Kier molecular flexibility index (Phi) is 5.43. The summed E-state index contributed by atoms with van der Waals surface area (Å²) >= 11 is 6.32. The van der Waals surface area contributed by atoms with Gasteiger partial charge < -0.3 is 15.0 Å². The molecular weight excluding hydrogens is 276 g/mol. The van der Waals surface area contributed by atoms with Crippen LogP contribution in [0.4, 0.5) is 0 Å². The van der Waals surface area contributed by atoms with Crippen molar-refractivity contribution in [2.75, 3.05) is 33.3 Å². The average Bonchev–Trinajstić information content (AvgIpc) is 2.67. The fraction of sp³-hybridized carbons (Fsp3) is 0.786. The lowest BCUT2D eigenvalue weighted by Gasteiger charge is -2.30. The first-order valence-corrected chi connectivity index (χ1v) is 7.59. The number of aryl methyl sites for hydroxylation is 1. The molecule has 0 bridgehead atoms. The lowest BCUT2D eigenvalue weighted by molar-refractivity contribution is -0.0182. The van der Waals surface area contributed by atoms with Gasteiger partial charge in [0.2, 0.25) is 0 Å². The highest BCUT2D eigenvalue weighted by Crippen LogP contribution is 2.24. The number of morpholine rings is 1. The van der Waals surface area contributed by atoms with Crippen LogP contribution in [0.5, 0.6) is 0 Å². The number of likely N-dealkylation sites (N-methyl/N-ethyl adjacent to an activating group) is 1. The third kappa shape index (κ3) is 3.73. The van der Waals surface area contributed by atoms with Crippen molar-refractivity contribution in [2.45, 2.75) is 32.4 Å². The molecule has 0 saturated carbocycles. The molecule has 1 aliphatic rings. The monoisotopic (exact) mass is 300 g/mol. The maximum absolute atomic E-state index is 6.32. The maximum Gasteiger partial charge on any atom is 0.131 e. The topological polar surface area (TPSA) is 42.3 Å².